The highest BCUT2D eigenvalue weighted by atomic mass is 16.3. The Hall–Kier alpha value is -1.40. The van der Waals surface area contributed by atoms with Crippen LogP contribution in [0.1, 0.15) is 12.8 Å². The van der Waals surface area contributed by atoms with E-state index in [4.69, 9.17) is 5.84 Å². The zero-order valence-electron chi connectivity index (χ0n) is 9.58. The summed E-state index contributed by atoms with van der Waals surface area (Å²) in [6, 6.07) is 1.88. The van der Waals surface area contributed by atoms with Crippen molar-refractivity contribution in [3.63, 3.8) is 0 Å². The molecule has 1 aromatic heterocycles. The van der Waals surface area contributed by atoms with E-state index in [1.165, 1.54) is 0 Å². The first-order chi connectivity index (χ1) is 8.28. The van der Waals surface area contributed by atoms with Gasteiger partial charge < -0.3 is 10.0 Å². The number of nitrogen functional groups attached to an aromatic ring is 1. The number of rotatable bonds is 2. The molecule has 0 bridgehead atoms. The summed E-state index contributed by atoms with van der Waals surface area (Å²) in [7, 11) is 0. The van der Waals surface area contributed by atoms with Crippen LogP contribution in [0.5, 0.6) is 0 Å². The smallest absolute Gasteiger partial charge is 0.239 e. The molecule has 1 aromatic rings. The molecule has 3 rings (SSSR count). The summed E-state index contributed by atoms with van der Waals surface area (Å²) in [5, 5.41) is 9.87. The topological polar surface area (TPSA) is 87.3 Å². The lowest BCUT2D eigenvalue weighted by molar-refractivity contribution is 0.133. The van der Waals surface area contributed by atoms with Crippen LogP contribution in [0.4, 0.5) is 11.8 Å². The minimum absolute atomic E-state index is 0.140. The second-order valence-corrected chi connectivity index (χ2v) is 4.86. The number of nitrogens with two attached hydrogens (primary N) is 1. The fourth-order valence-corrected chi connectivity index (χ4v) is 3.02. The Balaban J connectivity index is 1.78. The minimum Gasteiger partial charge on any atom is -0.393 e. The van der Waals surface area contributed by atoms with Gasteiger partial charge in [-0.25, -0.2) is 10.8 Å². The van der Waals surface area contributed by atoms with Crippen molar-refractivity contribution in [2.75, 3.05) is 23.4 Å². The zero-order valence-corrected chi connectivity index (χ0v) is 9.58. The Bertz CT molecular complexity index is 413. The van der Waals surface area contributed by atoms with Gasteiger partial charge in [0.25, 0.3) is 0 Å². The van der Waals surface area contributed by atoms with Gasteiger partial charge >= 0.3 is 0 Å². The molecule has 3 atom stereocenters. The molecule has 0 aromatic carbocycles. The zero-order chi connectivity index (χ0) is 11.8. The fraction of sp³-hybridized carbons (Fsp3) is 0.636. The summed E-state index contributed by atoms with van der Waals surface area (Å²) in [4.78, 5) is 10.5. The first kappa shape index (κ1) is 10.7. The summed E-state index contributed by atoms with van der Waals surface area (Å²) in [6.45, 7) is 1.86. The van der Waals surface area contributed by atoms with Gasteiger partial charge in [0, 0.05) is 25.2 Å². The number of hydrazine groups is 1. The first-order valence-electron chi connectivity index (χ1n) is 6.00. The van der Waals surface area contributed by atoms with Crippen molar-refractivity contribution in [1.29, 1.82) is 0 Å². The Morgan fingerprint density at radius 3 is 3.06 bits per heavy atom. The van der Waals surface area contributed by atoms with E-state index in [-0.39, 0.29) is 6.10 Å². The molecule has 2 aliphatic rings. The number of anilines is 2. The summed E-state index contributed by atoms with van der Waals surface area (Å²) in [5.74, 6) is 7.62. The van der Waals surface area contributed by atoms with Crippen LogP contribution in [0.25, 0.3) is 0 Å². The van der Waals surface area contributed by atoms with Gasteiger partial charge in [-0.2, -0.15) is 4.98 Å². The number of nitrogens with one attached hydrogen (secondary N) is 1. The van der Waals surface area contributed by atoms with E-state index in [0.717, 1.165) is 31.7 Å². The van der Waals surface area contributed by atoms with E-state index in [1.54, 1.807) is 6.20 Å². The molecular weight excluding hydrogens is 218 g/mol. The summed E-state index contributed by atoms with van der Waals surface area (Å²) in [6.07, 6.45) is 3.62. The van der Waals surface area contributed by atoms with E-state index in [2.05, 4.69) is 20.3 Å². The predicted octanol–water partition coefficient (Wildman–Crippen LogP) is -0.0307. The largest absolute Gasteiger partial charge is 0.393 e. The van der Waals surface area contributed by atoms with Crippen molar-refractivity contribution in [1.82, 2.24) is 9.97 Å². The Morgan fingerprint density at radius 1 is 1.41 bits per heavy atom. The highest BCUT2D eigenvalue weighted by Crippen LogP contribution is 2.39. The van der Waals surface area contributed by atoms with Crippen LogP contribution in [0.15, 0.2) is 12.3 Å². The van der Waals surface area contributed by atoms with Crippen molar-refractivity contribution in [3.05, 3.63) is 12.3 Å². The molecule has 0 amide bonds. The number of nitrogens with zero attached hydrogens (tertiary/aromatic N) is 3. The summed E-state index contributed by atoms with van der Waals surface area (Å²) < 4.78 is 0. The van der Waals surface area contributed by atoms with Crippen molar-refractivity contribution in [3.8, 4) is 0 Å². The van der Waals surface area contributed by atoms with E-state index in [9.17, 15) is 5.11 Å². The summed E-state index contributed by atoms with van der Waals surface area (Å²) >= 11 is 0. The molecule has 6 heteroatoms. The lowest BCUT2D eigenvalue weighted by atomic mass is 10.00. The van der Waals surface area contributed by atoms with Gasteiger partial charge in [-0.15, -0.1) is 0 Å². The van der Waals surface area contributed by atoms with Crippen LogP contribution in [-0.4, -0.2) is 34.3 Å². The number of hydrogen-bond acceptors (Lipinski definition) is 6. The average molecular weight is 235 g/mol. The third-order valence-electron chi connectivity index (χ3n) is 3.91. The van der Waals surface area contributed by atoms with E-state index in [1.807, 2.05) is 6.07 Å². The Kier molecular flexibility index (Phi) is 2.60. The molecule has 1 aliphatic carbocycles. The molecule has 92 valence electrons. The predicted molar refractivity (Wildman–Crippen MR) is 64.3 cm³/mol. The molecular formula is C11H17N5O. The fourth-order valence-electron chi connectivity index (χ4n) is 3.02. The number of fused-ring (bicyclic) bond motifs is 1. The van der Waals surface area contributed by atoms with E-state index < -0.39 is 0 Å². The molecule has 3 unspecified atom stereocenters. The monoisotopic (exact) mass is 235 g/mol. The maximum absolute atomic E-state index is 9.87. The van der Waals surface area contributed by atoms with Gasteiger partial charge in [0.2, 0.25) is 5.95 Å². The van der Waals surface area contributed by atoms with Crippen LogP contribution in [0.3, 0.4) is 0 Å². The van der Waals surface area contributed by atoms with Crippen LogP contribution in [0, 0.1) is 11.8 Å². The molecule has 0 spiro atoms. The molecule has 0 radical (unpaired) electrons. The highest BCUT2D eigenvalue weighted by Gasteiger charge is 2.42. The molecule has 1 saturated heterocycles. The maximum atomic E-state index is 9.87. The molecule has 2 heterocycles. The molecule has 2 fully saturated rings. The van der Waals surface area contributed by atoms with Crippen LogP contribution in [0.2, 0.25) is 0 Å². The molecule has 1 saturated carbocycles. The molecule has 17 heavy (non-hydrogen) atoms. The Morgan fingerprint density at radius 2 is 2.29 bits per heavy atom. The van der Waals surface area contributed by atoms with Crippen LogP contribution in [-0.2, 0) is 0 Å². The molecule has 6 nitrogen and oxygen atoms in total. The highest BCUT2D eigenvalue weighted by molar-refractivity contribution is 5.43. The third-order valence-corrected chi connectivity index (χ3v) is 3.91. The minimum atomic E-state index is -0.140. The lowest BCUT2D eigenvalue weighted by Gasteiger charge is -2.19. The standard InChI is InChI=1S/C11H17N5O/c12-15-11-13-4-3-10(14-11)16-5-7-1-2-9(17)8(7)6-16/h3-4,7-9,17H,1-2,5-6,12H2,(H,13,14,15). The second-order valence-electron chi connectivity index (χ2n) is 4.86. The third kappa shape index (κ3) is 1.83. The average Bonchev–Trinajstić information content (AvgIpc) is 2.92. The number of aromatic nitrogens is 2. The van der Waals surface area contributed by atoms with Gasteiger partial charge in [0.15, 0.2) is 0 Å². The maximum Gasteiger partial charge on any atom is 0.239 e. The van der Waals surface area contributed by atoms with Crippen LogP contribution < -0.4 is 16.2 Å². The van der Waals surface area contributed by atoms with Gasteiger partial charge in [0.1, 0.15) is 5.82 Å². The quantitative estimate of drug-likeness (QED) is 0.493. The van der Waals surface area contributed by atoms with Crippen molar-refractivity contribution in [2.24, 2.45) is 17.7 Å². The first-order valence-corrected chi connectivity index (χ1v) is 6.00. The van der Waals surface area contributed by atoms with Crippen LogP contribution >= 0.6 is 0 Å². The molecule has 1 aliphatic heterocycles. The van der Waals surface area contributed by atoms with Crippen molar-refractivity contribution < 1.29 is 5.11 Å². The summed E-state index contributed by atoms with van der Waals surface area (Å²) in [5.41, 5.74) is 2.45. The normalized spacial score (nSPS) is 31.6. The number of aliphatic hydroxyl groups excluding tert-OH is 1. The number of hydrogen-bond donors (Lipinski definition) is 3. The lowest BCUT2D eigenvalue weighted by Crippen LogP contribution is -2.25. The van der Waals surface area contributed by atoms with E-state index in [0.29, 0.717) is 17.8 Å². The van der Waals surface area contributed by atoms with Crippen molar-refractivity contribution in [2.45, 2.75) is 18.9 Å². The van der Waals surface area contributed by atoms with E-state index >= 15 is 0 Å². The molecule has 4 N–H and O–H groups in total. The number of aliphatic hydroxyl groups is 1. The van der Waals surface area contributed by atoms with Gasteiger partial charge in [0.05, 0.1) is 6.10 Å². The second kappa shape index (κ2) is 4.12. The van der Waals surface area contributed by atoms with Gasteiger partial charge in [-0.3, -0.25) is 5.43 Å². The SMILES string of the molecule is NNc1nccc(N2CC3CCC(O)C3C2)n1. The van der Waals surface area contributed by atoms with Crippen molar-refractivity contribution >= 4 is 11.8 Å². The Labute approximate surface area is 99.8 Å². The van der Waals surface area contributed by atoms with Gasteiger partial charge in [-0.05, 0) is 24.8 Å². The van der Waals surface area contributed by atoms with Gasteiger partial charge in [-0.1, -0.05) is 0 Å².